The van der Waals surface area contributed by atoms with Crippen LogP contribution in [0.3, 0.4) is 0 Å². The second kappa shape index (κ2) is 7.89. The van der Waals surface area contributed by atoms with E-state index in [-0.39, 0.29) is 0 Å². The standard InChI is InChI=1S/C38H22S/c1-2-6-23(7-3-1)24-12-14-25(15-13-24)26-16-18-27(19-17-26)32-22-29-21-20-28-8-4-9-30-31-10-5-11-33-36(31)37(38(32)39-33)35(29)34(28)30/h1-22H. The van der Waals surface area contributed by atoms with Crippen LogP contribution in [0.1, 0.15) is 0 Å². The van der Waals surface area contributed by atoms with E-state index in [0.717, 1.165) is 0 Å². The van der Waals surface area contributed by atoms with Gasteiger partial charge in [0.25, 0.3) is 0 Å². The second-order valence-electron chi connectivity index (χ2n) is 10.5. The number of hydrogen-bond donors (Lipinski definition) is 0. The molecule has 0 fully saturated rings. The highest BCUT2D eigenvalue weighted by Gasteiger charge is 2.21. The highest BCUT2D eigenvalue weighted by Crippen LogP contribution is 2.51. The highest BCUT2D eigenvalue weighted by molar-refractivity contribution is 7.26. The molecule has 9 rings (SSSR count). The molecule has 0 saturated carbocycles. The van der Waals surface area contributed by atoms with Gasteiger partial charge in [-0.05, 0) is 72.3 Å². The Morgan fingerprint density at radius 2 is 0.949 bits per heavy atom. The molecular weight excluding hydrogens is 488 g/mol. The Balaban J connectivity index is 1.22. The second-order valence-corrected chi connectivity index (χ2v) is 11.5. The van der Waals surface area contributed by atoms with Crippen molar-refractivity contribution in [2.24, 2.45) is 0 Å². The van der Waals surface area contributed by atoms with Crippen molar-refractivity contribution in [3.05, 3.63) is 133 Å². The average molecular weight is 511 g/mol. The van der Waals surface area contributed by atoms with Crippen molar-refractivity contribution in [2.45, 2.75) is 0 Å². The van der Waals surface area contributed by atoms with Gasteiger partial charge >= 0.3 is 0 Å². The lowest BCUT2D eigenvalue weighted by Crippen LogP contribution is -1.88. The summed E-state index contributed by atoms with van der Waals surface area (Å²) < 4.78 is 2.77. The maximum atomic E-state index is 2.41. The van der Waals surface area contributed by atoms with Crippen LogP contribution in [0, 0.1) is 0 Å². The SMILES string of the molecule is c1ccc(-c2ccc(-c3ccc(-c4cc5ccc6cccc7c8cccc9sc4c(c98)c5c67)cc3)cc2)cc1. The molecule has 0 aliphatic rings. The molecule has 1 heteroatoms. The molecule has 0 radical (unpaired) electrons. The fourth-order valence-corrected chi connectivity index (χ4v) is 7.85. The van der Waals surface area contributed by atoms with Gasteiger partial charge in [0.15, 0.2) is 0 Å². The molecule has 0 nitrogen and oxygen atoms in total. The quantitative estimate of drug-likeness (QED) is 0.164. The molecule has 180 valence electrons. The molecule has 0 unspecified atom stereocenters. The lowest BCUT2D eigenvalue weighted by Gasteiger charge is -2.15. The van der Waals surface area contributed by atoms with Gasteiger partial charge in [0.2, 0.25) is 0 Å². The lowest BCUT2D eigenvalue weighted by molar-refractivity contribution is 1.59. The molecule has 0 amide bonds. The van der Waals surface area contributed by atoms with E-state index >= 15 is 0 Å². The van der Waals surface area contributed by atoms with Crippen LogP contribution in [-0.4, -0.2) is 0 Å². The van der Waals surface area contributed by atoms with Gasteiger partial charge in [0, 0.05) is 25.7 Å². The first-order valence-electron chi connectivity index (χ1n) is 13.4. The summed E-state index contributed by atoms with van der Waals surface area (Å²) in [7, 11) is 0. The summed E-state index contributed by atoms with van der Waals surface area (Å²) in [6.45, 7) is 0. The summed E-state index contributed by atoms with van der Waals surface area (Å²) in [5.74, 6) is 0. The monoisotopic (exact) mass is 510 g/mol. The maximum Gasteiger partial charge on any atom is 0.0440 e. The lowest BCUT2D eigenvalue weighted by atomic mass is 9.87. The molecule has 0 N–H and O–H groups in total. The van der Waals surface area contributed by atoms with Crippen molar-refractivity contribution in [1.29, 1.82) is 0 Å². The summed E-state index contributed by atoms with van der Waals surface area (Å²) in [5, 5.41) is 11.1. The van der Waals surface area contributed by atoms with Gasteiger partial charge in [-0.15, -0.1) is 11.3 Å². The molecule has 39 heavy (non-hydrogen) atoms. The summed E-state index contributed by atoms with van der Waals surface area (Å²) >= 11 is 1.94. The molecule has 9 aromatic rings. The predicted octanol–water partition coefficient (Wildman–Crippen LogP) is 11.4. The Kier molecular flexibility index (Phi) is 4.30. The van der Waals surface area contributed by atoms with Gasteiger partial charge in [0.1, 0.15) is 0 Å². The number of hydrogen-bond acceptors (Lipinski definition) is 1. The van der Waals surface area contributed by atoms with E-state index in [9.17, 15) is 0 Å². The average Bonchev–Trinajstić information content (AvgIpc) is 3.41. The zero-order valence-corrected chi connectivity index (χ0v) is 21.9. The van der Waals surface area contributed by atoms with Crippen molar-refractivity contribution in [3.8, 4) is 33.4 Å². The maximum absolute atomic E-state index is 2.41. The van der Waals surface area contributed by atoms with Crippen molar-refractivity contribution >= 4 is 63.8 Å². The summed E-state index contributed by atoms with van der Waals surface area (Å²) in [4.78, 5) is 0. The molecule has 1 heterocycles. The van der Waals surface area contributed by atoms with Crippen LogP contribution in [0.4, 0.5) is 0 Å². The van der Waals surface area contributed by atoms with Crippen LogP contribution < -0.4 is 0 Å². The van der Waals surface area contributed by atoms with Crippen LogP contribution in [0.15, 0.2) is 133 Å². The van der Waals surface area contributed by atoms with E-state index < -0.39 is 0 Å². The van der Waals surface area contributed by atoms with E-state index in [1.54, 1.807) is 0 Å². The van der Waals surface area contributed by atoms with E-state index in [1.165, 1.54) is 85.9 Å². The smallest absolute Gasteiger partial charge is 0.0440 e. The normalized spacial score (nSPS) is 12.1. The first-order chi connectivity index (χ1) is 19.3. The van der Waals surface area contributed by atoms with Gasteiger partial charge in [-0.25, -0.2) is 0 Å². The van der Waals surface area contributed by atoms with Crippen molar-refractivity contribution in [3.63, 3.8) is 0 Å². The summed E-state index contributed by atoms with van der Waals surface area (Å²) in [6.07, 6.45) is 0. The van der Waals surface area contributed by atoms with Crippen LogP contribution in [0.25, 0.3) is 85.9 Å². The molecule has 0 aliphatic carbocycles. The minimum atomic E-state index is 1.24. The molecule has 8 aromatic carbocycles. The summed E-state index contributed by atoms with van der Waals surface area (Å²) in [5.41, 5.74) is 7.58. The topological polar surface area (TPSA) is 0 Å². The van der Waals surface area contributed by atoms with E-state index in [0.29, 0.717) is 0 Å². The molecule has 0 bridgehead atoms. The molecule has 0 aliphatic heterocycles. The third-order valence-corrected chi connectivity index (χ3v) is 9.59. The number of rotatable bonds is 3. The summed E-state index contributed by atoms with van der Waals surface area (Å²) in [6, 6.07) is 49.2. The van der Waals surface area contributed by atoms with Gasteiger partial charge in [-0.3, -0.25) is 0 Å². The molecule has 0 spiro atoms. The Bertz CT molecular complexity index is 2290. The number of thiophene rings is 1. The predicted molar refractivity (Wildman–Crippen MR) is 171 cm³/mol. The van der Waals surface area contributed by atoms with Crippen molar-refractivity contribution in [2.75, 3.05) is 0 Å². The van der Waals surface area contributed by atoms with Crippen molar-refractivity contribution in [1.82, 2.24) is 0 Å². The Labute approximate surface area is 230 Å². The molecule has 0 atom stereocenters. The fourth-order valence-electron chi connectivity index (χ4n) is 6.57. The third-order valence-electron chi connectivity index (χ3n) is 8.40. The zero-order chi connectivity index (χ0) is 25.5. The minimum absolute atomic E-state index is 1.24. The van der Waals surface area contributed by atoms with E-state index in [1.807, 2.05) is 11.3 Å². The van der Waals surface area contributed by atoms with Crippen LogP contribution in [0.2, 0.25) is 0 Å². The largest absolute Gasteiger partial charge is 0.134 e. The first kappa shape index (κ1) is 21.2. The van der Waals surface area contributed by atoms with Crippen molar-refractivity contribution < 1.29 is 0 Å². The van der Waals surface area contributed by atoms with Gasteiger partial charge in [-0.1, -0.05) is 121 Å². The van der Waals surface area contributed by atoms with Crippen LogP contribution in [-0.2, 0) is 0 Å². The number of benzene rings is 8. The van der Waals surface area contributed by atoms with E-state index in [2.05, 4.69) is 133 Å². The minimum Gasteiger partial charge on any atom is -0.134 e. The van der Waals surface area contributed by atoms with E-state index in [4.69, 9.17) is 0 Å². The zero-order valence-electron chi connectivity index (χ0n) is 21.1. The number of fused-ring (bicyclic) bond motifs is 1. The Morgan fingerprint density at radius 1 is 0.359 bits per heavy atom. The van der Waals surface area contributed by atoms with Gasteiger partial charge < -0.3 is 0 Å². The molecular formula is C38H22S. The van der Waals surface area contributed by atoms with Crippen LogP contribution >= 0.6 is 11.3 Å². The van der Waals surface area contributed by atoms with Gasteiger partial charge in [-0.2, -0.15) is 0 Å². The van der Waals surface area contributed by atoms with Crippen LogP contribution in [0.5, 0.6) is 0 Å². The first-order valence-corrected chi connectivity index (χ1v) is 14.3. The third kappa shape index (κ3) is 2.99. The molecule has 1 aromatic heterocycles. The molecule has 0 saturated heterocycles. The highest BCUT2D eigenvalue weighted by atomic mass is 32.1. The Morgan fingerprint density at radius 3 is 1.67 bits per heavy atom. The fraction of sp³-hybridized carbons (Fsp3) is 0. The van der Waals surface area contributed by atoms with Gasteiger partial charge in [0.05, 0.1) is 0 Å². The Hall–Kier alpha value is -4.72.